The van der Waals surface area contributed by atoms with E-state index in [1.54, 1.807) is 0 Å². The van der Waals surface area contributed by atoms with E-state index in [1.807, 2.05) is 11.8 Å². The lowest BCUT2D eigenvalue weighted by Crippen LogP contribution is -2.21. The fraction of sp³-hybridized carbons (Fsp3) is 1.00. The van der Waals surface area contributed by atoms with E-state index < -0.39 is 0 Å². The van der Waals surface area contributed by atoms with E-state index in [4.69, 9.17) is 11.6 Å². The summed E-state index contributed by atoms with van der Waals surface area (Å²) in [6.45, 7) is 4.51. The number of hydrogen-bond acceptors (Lipinski definition) is 1. The summed E-state index contributed by atoms with van der Waals surface area (Å²) in [7, 11) is 0. The van der Waals surface area contributed by atoms with Gasteiger partial charge in [-0.1, -0.05) is 13.8 Å². The molecular formula is C10H21ClS. The molecule has 0 saturated carbocycles. The van der Waals surface area contributed by atoms with Crippen molar-refractivity contribution in [2.45, 2.75) is 39.5 Å². The van der Waals surface area contributed by atoms with Crippen LogP contribution >= 0.6 is 23.4 Å². The van der Waals surface area contributed by atoms with Crippen LogP contribution in [-0.2, 0) is 0 Å². The second-order valence-electron chi connectivity index (χ2n) is 3.44. The first-order valence-corrected chi connectivity index (χ1v) is 6.72. The van der Waals surface area contributed by atoms with E-state index in [9.17, 15) is 0 Å². The van der Waals surface area contributed by atoms with Crippen molar-refractivity contribution in [1.82, 2.24) is 0 Å². The lowest BCUT2D eigenvalue weighted by molar-refractivity contribution is 0.277. The number of alkyl halides is 1. The van der Waals surface area contributed by atoms with Gasteiger partial charge in [-0.15, -0.1) is 11.6 Å². The van der Waals surface area contributed by atoms with Crippen molar-refractivity contribution in [1.29, 1.82) is 0 Å². The first-order valence-electron chi connectivity index (χ1n) is 4.79. The van der Waals surface area contributed by atoms with Gasteiger partial charge in [0.25, 0.3) is 0 Å². The van der Waals surface area contributed by atoms with E-state index in [0.717, 1.165) is 5.88 Å². The fourth-order valence-electron chi connectivity index (χ4n) is 1.45. The molecule has 0 aromatic carbocycles. The Kier molecular flexibility index (Phi) is 7.46. The number of halogens is 1. The van der Waals surface area contributed by atoms with Gasteiger partial charge in [-0.3, -0.25) is 0 Å². The van der Waals surface area contributed by atoms with Gasteiger partial charge in [0.1, 0.15) is 0 Å². The lowest BCUT2D eigenvalue weighted by atomic mass is 9.80. The van der Waals surface area contributed by atoms with Crippen molar-refractivity contribution in [3.8, 4) is 0 Å². The molecule has 0 fully saturated rings. The molecule has 0 radical (unpaired) electrons. The molecule has 0 aromatic rings. The van der Waals surface area contributed by atoms with E-state index >= 15 is 0 Å². The zero-order valence-electron chi connectivity index (χ0n) is 8.53. The highest BCUT2D eigenvalue weighted by molar-refractivity contribution is 7.98. The molecule has 0 unspecified atom stereocenters. The molecule has 74 valence electrons. The maximum absolute atomic E-state index is 6.00. The maximum Gasteiger partial charge on any atom is 0.0279 e. The minimum absolute atomic E-state index is 0.428. The topological polar surface area (TPSA) is 0 Å². The lowest BCUT2D eigenvalue weighted by Gasteiger charge is -2.29. The van der Waals surface area contributed by atoms with Crippen LogP contribution < -0.4 is 0 Å². The van der Waals surface area contributed by atoms with Crippen molar-refractivity contribution in [3.05, 3.63) is 0 Å². The molecule has 0 aromatic heterocycles. The summed E-state index contributed by atoms with van der Waals surface area (Å²) in [5, 5.41) is 0. The van der Waals surface area contributed by atoms with Crippen molar-refractivity contribution >= 4 is 23.4 Å². The van der Waals surface area contributed by atoms with E-state index in [2.05, 4.69) is 20.1 Å². The van der Waals surface area contributed by atoms with Gasteiger partial charge < -0.3 is 0 Å². The molecule has 0 aliphatic rings. The highest BCUT2D eigenvalue weighted by atomic mass is 35.5. The average Bonchev–Trinajstić information content (AvgIpc) is 2.14. The highest BCUT2D eigenvalue weighted by Gasteiger charge is 2.23. The highest BCUT2D eigenvalue weighted by Crippen LogP contribution is 2.33. The van der Waals surface area contributed by atoms with Crippen LogP contribution in [0.4, 0.5) is 0 Å². The number of thioether (sulfide) groups is 1. The number of hydrogen-bond donors (Lipinski definition) is 0. The van der Waals surface area contributed by atoms with Crippen LogP contribution in [0.15, 0.2) is 0 Å². The van der Waals surface area contributed by atoms with Gasteiger partial charge in [0.2, 0.25) is 0 Å². The molecule has 0 amide bonds. The van der Waals surface area contributed by atoms with E-state index in [1.165, 1.54) is 31.4 Å². The Morgan fingerprint density at radius 3 is 2.17 bits per heavy atom. The van der Waals surface area contributed by atoms with Crippen molar-refractivity contribution in [2.75, 3.05) is 17.9 Å². The van der Waals surface area contributed by atoms with E-state index in [0.29, 0.717) is 5.41 Å². The van der Waals surface area contributed by atoms with Crippen LogP contribution in [0.5, 0.6) is 0 Å². The maximum atomic E-state index is 6.00. The van der Waals surface area contributed by atoms with E-state index in [-0.39, 0.29) is 0 Å². The molecule has 0 bridgehead atoms. The predicted molar refractivity (Wildman–Crippen MR) is 61.4 cm³/mol. The molecule has 0 atom stereocenters. The second kappa shape index (κ2) is 7.08. The summed E-state index contributed by atoms with van der Waals surface area (Å²) in [5.74, 6) is 2.10. The van der Waals surface area contributed by atoms with Gasteiger partial charge in [0.15, 0.2) is 0 Å². The molecule has 0 nitrogen and oxygen atoms in total. The zero-order chi connectivity index (χ0) is 9.45. The molecule has 0 aliphatic carbocycles. The fourth-order valence-corrected chi connectivity index (χ4v) is 2.40. The third-order valence-corrected chi connectivity index (χ3v) is 4.10. The van der Waals surface area contributed by atoms with Gasteiger partial charge in [-0.05, 0) is 43.1 Å². The van der Waals surface area contributed by atoms with Crippen LogP contribution in [0.2, 0.25) is 0 Å². The normalized spacial score (nSPS) is 12.0. The third-order valence-electron chi connectivity index (χ3n) is 2.84. The quantitative estimate of drug-likeness (QED) is 0.447. The molecule has 12 heavy (non-hydrogen) atoms. The molecule has 0 spiro atoms. The average molecular weight is 209 g/mol. The zero-order valence-corrected chi connectivity index (χ0v) is 10.1. The van der Waals surface area contributed by atoms with Gasteiger partial charge in [-0.25, -0.2) is 0 Å². The summed E-state index contributed by atoms with van der Waals surface area (Å²) in [6, 6.07) is 0. The molecule has 0 aliphatic heterocycles. The Labute approximate surface area is 86.5 Å². The minimum atomic E-state index is 0.428. The Bertz CT molecular complexity index is 91.7. The van der Waals surface area contributed by atoms with Crippen LogP contribution in [0, 0.1) is 5.41 Å². The van der Waals surface area contributed by atoms with Crippen LogP contribution in [0.3, 0.4) is 0 Å². The first-order chi connectivity index (χ1) is 5.74. The van der Waals surface area contributed by atoms with Crippen molar-refractivity contribution in [3.63, 3.8) is 0 Å². The van der Waals surface area contributed by atoms with Crippen LogP contribution in [-0.4, -0.2) is 17.9 Å². The standard InChI is InChI=1S/C10H21ClS/c1-4-10(5-2,9-11)7-6-8-12-3/h4-9H2,1-3H3. The first kappa shape index (κ1) is 12.6. The van der Waals surface area contributed by atoms with Gasteiger partial charge >= 0.3 is 0 Å². The summed E-state index contributed by atoms with van der Waals surface area (Å²) in [5.41, 5.74) is 0.428. The Hall–Kier alpha value is 0.640. The SMILES string of the molecule is CCC(CC)(CCl)CCCSC. The third kappa shape index (κ3) is 4.04. The monoisotopic (exact) mass is 208 g/mol. The Morgan fingerprint density at radius 2 is 1.83 bits per heavy atom. The largest absolute Gasteiger partial charge is 0.165 e. The second-order valence-corrected chi connectivity index (χ2v) is 4.69. The molecular weight excluding hydrogens is 188 g/mol. The summed E-state index contributed by atoms with van der Waals surface area (Å²) in [4.78, 5) is 0. The number of rotatable bonds is 7. The van der Waals surface area contributed by atoms with Gasteiger partial charge in [-0.2, -0.15) is 11.8 Å². The molecule has 0 N–H and O–H groups in total. The van der Waals surface area contributed by atoms with Crippen LogP contribution in [0.1, 0.15) is 39.5 Å². The molecule has 0 heterocycles. The van der Waals surface area contributed by atoms with Crippen molar-refractivity contribution in [2.24, 2.45) is 5.41 Å². The van der Waals surface area contributed by atoms with Gasteiger partial charge in [0.05, 0.1) is 0 Å². The smallest absolute Gasteiger partial charge is 0.0279 e. The van der Waals surface area contributed by atoms with Crippen LogP contribution in [0.25, 0.3) is 0 Å². The Morgan fingerprint density at radius 1 is 1.25 bits per heavy atom. The minimum Gasteiger partial charge on any atom is -0.165 e. The van der Waals surface area contributed by atoms with Crippen molar-refractivity contribution < 1.29 is 0 Å². The molecule has 0 saturated heterocycles. The molecule has 2 heteroatoms. The predicted octanol–water partition coefficient (Wildman–Crippen LogP) is 4.17. The molecule has 0 rings (SSSR count). The summed E-state index contributed by atoms with van der Waals surface area (Å²) < 4.78 is 0. The summed E-state index contributed by atoms with van der Waals surface area (Å²) in [6.07, 6.45) is 7.23. The Balaban J connectivity index is 3.76. The summed E-state index contributed by atoms with van der Waals surface area (Å²) >= 11 is 7.93. The van der Waals surface area contributed by atoms with Gasteiger partial charge in [0, 0.05) is 5.88 Å².